The molecule has 0 amide bonds. The highest BCUT2D eigenvalue weighted by molar-refractivity contribution is 7.98. The lowest BCUT2D eigenvalue weighted by atomic mass is 10.3. The zero-order chi connectivity index (χ0) is 14.2. The van der Waals surface area contributed by atoms with Crippen LogP contribution in [0.5, 0.6) is 5.75 Å². The van der Waals surface area contributed by atoms with Crippen LogP contribution in [-0.2, 0) is 6.61 Å². The van der Waals surface area contributed by atoms with Crippen LogP contribution in [0.15, 0.2) is 41.6 Å². The quantitative estimate of drug-likeness (QED) is 0.789. The van der Waals surface area contributed by atoms with Crippen LogP contribution < -0.4 is 10.1 Å². The average molecular weight is 289 g/mol. The summed E-state index contributed by atoms with van der Waals surface area (Å²) in [4.78, 5) is 9.85. The summed E-state index contributed by atoms with van der Waals surface area (Å²) in [6.07, 6.45) is 6.61. The smallest absolute Gasteiger partial charge is 0.144 e. The first-order valence-electron chi connectivity index (χ1n) is 6.63. The molecule has 1 aromatic carbocycles. The molecule has 0 fully saturated rings. The van der Waals surface area contributed by atoms with Crippen LogP contribution in [0.1, 0.15) is 19.0 Å². The maximum atomic E-state index is 5.68. The van der Waals surface area contributed by atoms with Crippen molar-refractivity contribution >= 4 is 17.6 Å². The van der Waals surface area contributed by atoms with Gasteiger partial charge < -0.3 is 10.1 Å². The van der Waals surface area contributed by atoms with Gasteiger partial charge in [-0.3, -0.25) is 4.98 Å². The maximum absolute atomic E-state index is 5.68. The van der Waals surface area contributed by atoms with Gasteiger partial charge in [-0.15, -0.1) is 11.8 Å². The van der Waals surface area contributed by atoms with Crippen molar-refractivity contribution in [2.75, 3.05) is 18.1 Å². The van der Waals surface area contributed by atoms with E-state index in [0.29, 0.717) is 6.61 Å². The van der Waals surface area contributed by atoms with Crippen molar-refractivity contribution in [3.05, 3.63) is 42.4 Å². The lowest BCUT2D eigenvalue weighted by Gasteiger charge is -2.07. The number of ether oxygens (including phenoxy) is 1. The molecule has 0 unspecified atom stereocenters. The second-order valence-electron chi connectivity index (χ2n) is 4.28. The third kappa shape index (κ3) is 4.42. The molecule has 1 heterocycles. The summed E-state index contributed by atoms with van der Waals surface area (Å²) in [7, 11) is 0. The molecule has 0 spiro atoms. The fourth-order valence-electron chi connectivity index (χ4n) is 1.60. The second kappa shape index (κ2) is 7.75. The van der Waals surface area contributed by atoms with E-state index < -0.39 is 0 Å². The fraction of sp³-hybridized carbons (Fsp3) is 0.333. The largest absolute Gasteiger partial charge is 0.487 e. The van der Waals surface area contributed by atoms with Crippen LogP contribution >= 0.6 is 11.8 Å². The molecule has 4 nitrogen and oxygen atoms in total. The number of aromatic nitrogens is 2. The van der Waals surface area contributed by atoms with E-state index in [1.807, 2.05) is 24.3 Å². The number of nitrogens with zero attached hydrogens (tertiary/aromatic N) is 2. The molecule has 20 heavy (non-hydrogen) atoms. The Hall–Kier alpha value is -1.75. The van der Waals surface area contributed by atoms with E-state index in [1.165, 1.54) is 4.90 Å². The van der Waals surface area contributed by atoms with Crippen molar-refractivity contribution in [1.82, 2.24) is 9.97 Å². The first-order valence-corrected chi connectivity index (χ1v) is 7.86. The lowest BCUT2D eigenvalue weighted by Crippen LogP contribution is -2.04. The third-order valence-corrected chi connectivity index (χ3v) is 3.45. The predicted molar refractivity (Wildman–Crippen MR) is 83.4 cm³/mol. The Labute approximate surface area is 124 Å². The Morgan fingerprint density at radius 3 is 2.55 bits per heavy atom. The van der Waals surface area contributed by atoms with E-state index in [1.54, 1.807) is 24.2 Å². The predicted octanol–water partition coefficient (Wildman–Crippen LogP) is 3.60. The topological polar surface area (TPSA) is 47.0 Å². The summed E-state index contributed by atoms with van der Waals surface area (Å²) >= 11 is 1.72. The van der Waals surface area contributed by atoms with Crippen molar-refractivity contribution in [2.45, 2.75) is 24.8 Å². The molecule has 0 atom stereocenters. The Morgan fingerprint density at radius 1 is 1.15 bits per heavy atom. The van der Waals surface area contributed by atoms with Crippen molar-refractivity contribution in [2.24, 2.45) is 0 Å². The molecule has 0 aliphatic carbocycles. The molecule has 0 aliphatic rings. The summed E-state index contributed by atoms with van der Waals surface area (Å²) in [5.41, 5.74) is 0.820. The lowest BCUT2D eigenvalue weighted by molar-refractivity contribution is 0.300. The Balaban J connectivity index is 1.86. The van der Waals surface area contributed by atoms with E-state index in [-0.39, 0.29) is 0 Å². The van der Waals surface area contributed by atoms with Crippen LogP contribution in [0, 0.1) is 0 Å². The minimum atomic E-state index is 0.430. The average Bonchev–Trinajstić information content (AvgIpc) is 2.52. The summed E-state index contributed by atoms with van der Waals surface area (Å²) in [5, 5.41) is 3.19. The number of nitrogens with one attached hydrogen (secondary N) is 1. The van der Waals surface area contributed by atoms with Crippen molar-refractivity contribution in [3.63, 3.8) is 0 Å². The Morgan fingerprint density at radius 2 is 1.95 bits per heavy atom. The van der Waals surface area contributed by atoms with Crippen LogP contribution in [0.2, 0.25) is 0 Å². The maximum Gasteiger partial charge on any atom is 0.144 e. The minimum absolute atomic E-state index is 0.430. The molecule has 0 radical (unpaired) electrons. The monoisotopic (exact) mass is 289 g/mol. The highest BCUT2D eigenvalue weighted by Gasteiger charge is 1.99. The molecule has 2 aromatic rings. The number of benzene rings is 1. The van der Waals surface area contributed by atoms with Crippen molar-refractivity contribution < 1.29 is 4.74 Å². The molecule has 0 bridgehead atoms. The zero-order valence-electron chi connectivity index (χ0n) is 11.8. The number of rotatable bonds is 7. The summed E-state index contributed by atoms with van der Waals surface area (Å²) < 4.78 is 5.68. The van der Waals surface area contributed by atoms with E-state index in [0.717, 1.165) is 30.2 Å². The molecular formula is C15H19N3OS. The van der Waals surface area contributed by atoms with Crippen molar-refractivity contribution in [3.8, 4) is 5.75 Å². The summed E-state index contributed by atoms with van der Waals surface area (Å²) in [5.74, 6) is 1.65. The normalized spacial score (nSPS) is 10.3. The second-order valence-corrected chi connectivity index (χ2v) is 5.16. The van der Waals surface area contributed by atoms with E-state index in [2.05, 4.69) is 28.5 Å². The minimum Gasteiger partial charge on any atom is -0.487 e. The van der Waals surface area contributed by atoms with E-state index in [4.69, 9.17) is 4.74 Å². The van der Waals surface area contributed by atoms with Gasteiger partial charge in [0.2, 0.25) is 0 Å². The van der Waals surface area contributed by atoms with E-state index in [9.17, 15) is 0 Å². The van der Waals surface area contributed by atoms with Gasteiger partial charge >= 0.3 is 0 Å². The standard InChI is InChI=1S/C15H19N3OS/c1-3-8-16-15-10-17-12(9-18-15)11-19-13-4-6-14(20-2)7-5-13/h4-7,9-10H,3,8,11H2,1-2H3,(H,16,18). The van der Waals surface area contributed by atoms with Gasteiger partial charge in [0, 0.05) is 11.4 Å². The SMILES string of the molecule is CCCNc1cnc(COc2ccc(SC)cc2)cn1. The third-order valence-electron chi connectivity index (χ3n) is 2.71. The molecule has 1 N–H and O–H groups in total. The number of hydrogen-bond donors (Lipinski definition) is 1. The Bertz CT molecular complexity index is 514. The number of hydrogen-bond acceptors (Lipinski definition) is 5. The molecule has 0 saturated heterocycles. The van der Waals surface area contributed by atoms with Gasteiger partial charge in [0.25, 0.3) is 0 Å². The van der Waals surface area contributed by atoms with Crippen LogP contribution in [-0.4, -0.2) is 22.8 Å². The zero-order valence-corrected chi connectivity index (χ0v) is 12.6. The molecule has 2 rings (SSSR count). The highest BCUT2D eigenvalue weighted by Crippen LogP contribution is 2.19. The Kier molecular flexibility index (Phi) is 5.68. The highest BCUT2D eigenvalue weighted by atomic mass is 32.2. The van der Waals surface area contributed by atoms with Gasteiger partial charge in [-0.25, -0.2) is 4.98 Å². The number of anilines is 1. The summed E-state index contributed by atoms with van der Waals surface area (Å²) in [6, 6.07) is 8.03. The molecule has 1 aromatic heterocycles. The summed E-state index contributed by atoms with van der Waals surface area (Å²) in [6.45, 7) is 3.46. The van der Waals surface area contributed by atoms with Crippen LogP contribution in [0.4, 0.5) is 5.82 Å². The van der Waals surface area contributed by atoms with Gasteiger partial charge in [-0.05, 0) is 36.9 Å². The van der Waals surface area contributed by atoms with Gasteiger partial charge in [-0.1, -0.05) is 6.92 Å². The first-order chi connectivity index (χ1) is 9.81. The van der Waals surface area contributed by atoms with Gasteiger partial charge in [0.05, 0.1) is 18.1 Å². The molecular weight excluding hydrogens is 270 g/mol. The van der Waals surface area contributed by atoms with Crippen LogP contribution in [0.3, 0.4) is 0 Å². The molecule has 0 aliphatic heterocycles. The van der Waals surface area contributed by atoms with Crippen molar-refractivity contribution in [1.29, 1.82) is 0 Å². The molecule has 0 saturated carbocycles. The molecule has 106 valence electrons. The van der Waals surface area contributed by atoms with Crippen LogP contribution in [0.25, 0.3) is 0 Å². The van der Waals surface area contributed by atoms with Gasteiger partial charge in [0.1, 0.15) is 18.2 Å². The van der Waals surface area contributed by atoms with Gasteiger partial charge in [-0.2, -0.15) is 0 Å². The number of thioether (sulfide) groups is 1. The first kappa shape index (κ1) is 14.7. The molecule has 5 heteroatoms. The van der Waals surface area contributed by atoms with Gasteiger partial charge in [0.15, 0.2) is 0 Å². The fourth-order valence-corrected chi connectivity index (χ4v) is 2.01. The van der Waals surface area contributed by atoms with E-state index >= 15 is 0 Å².